The Bertz CT molecular complexity index is 3070. The third kappa shape index (κ3) is 3.90. The van der Waals surface area contributed by atoms with Crippen molar-refractivity contribution >= 4 is 65.2 Å². The van der Waals surface area contributed by atoms with Crippen LogP contribution in [-0.2, 0) is 0 Å². The first kappa shape index (κ1) is 27.3. The van der Waals surface area contributed by atoms with Gasteiger partial charge >= 0.3 is 0 Å². The van der Waals surface area contributed by atoms with E-state index in [9.17, 15) is 0 Å². The molecule has 0 atom stereocenters. The van der Waals surface area contributed by atoms with Crippen molar-refractivity contribution in [3.8, 4) is 44.7 Å². The van der Waals surface area contributed by atoms with E-state index in [4.69, 9.17) is 8.83 Å². The molecule has 0 aliphatic rings. The van der Waals surface area contributed by atoms with Gasteiger partial charge in [-0.15, -0.1) is 0 Å². The molecule has 2 heterocycles. The van der Waals surface area contributed by atoms with Crippen LogP contribution in [0, 0.1) is 0 Å². The summed E-state index contributed by atoms with van der Waals surface area (Å²) in [7, 11) is 0. The van der Waals surface area contributed by atoms with Crippen LogP contribution in [0.15, 0.2) is 179 Å². The Labute approximate surface area is 287 Å². The summed E-state index contributed by atoms with van der Waals surface area (Å²) in [5.74, 6) is 0.851. The Morgan fingerprint density at radius 1 is 0.300 bits per heavy atom. The molecule has 0 aliphatic heterocycles. The van der Waals surface area contributed by atoms with E-state index in [-0.39, 0.29) is 0 Å². The molecule has 0 spiro atoms. The molecular weight excluding hydrogens is 609 g/mol. The number of fused-ring (bicyclic) bond motifs is 4. The molecule has 0 saturated heterocycles. The van der Waals surface area contributed by atoms with Crippen LogP contribution in [0.3, 0.4) is 0 Å². The van der Waals surface area contributed by atoms with Gasteiger partial charge in [-0.05, 0) is 84.4 Å². The summed E-state index contributed by atoms with van der Waals surface area (Å²) in [6, 6.07) is 60.7. The van der Waals surface area contributed by atoms with Gasteiger partial charge in [0.05, 0.1) is 0 Å². The zero-order chi connectivity index (χ0) is 32.8. The van der Waals surface area contributed by atoms with Crippen molar-refractivity contribution in [1.29, 1.82) is 0 Å². The van der Waals surface area contributed by atoms with E-state index >= 15 is 0 Å². The molecule has 2 heteroatoms. The van der Waals surface area contributed by atoms with Gasteiger partial charge in [0, 0.05) is 27.3 Å². The maximum atomic E-state index is 6.98. The summed E-state index contributed by atoms with van der Waals surface area (Å²) in [6.07, 6.45) is 0. The van der Waals surface area contributed by atoms with E-state index in [2.05, 4.69) is 152 Å². The molecule has 9 aromatic carbocycles. The van der Waals surface area contributed by atoms with E-state index in [0.717, 1.165) is 60.9 Å². The van der Waals surface area contributed by atoms with Gasteiger partial charge in [0.1, 0.15) is 22.5 Å². The third-order valence-corrected chi connectivity index (χ3v) is 10.5. The highest BCUT2D eigenvalue weighted by Gasteiger charge is 2.23. The smallest absolute Gasteiger partial charge is 0.144 e. The first-order chi connectivity index (χ1) is 24.8. The van der Waals surface area contributed by atoms with E-state index in [0.29, 0.717) is 0 Å². The second kappa shape index (κ2) is 10.4. The van der Waals surface area contributed by atoms with Crippen molar-refractivity contribution in [2.45, 2.75) is 0 Å². The molecule has 0 radical (unpaired) electrons. The zero-order valence-electron chi connectivity index (χ0n) is 27.0. The zero-order valence-corrected chi connectivity index (χ0v) is 27.0. The van der Waals surface area contributed by atoms with Crippen LogP contribution >= 0.6 is 0 Å². The molecule has 2 nitrogen and oxygen atoms in total. The summed E-state index contributed by atoms with van der Waals surface area (Å²) < 4.78 is 13.3. The van der Waals surface area contributed by atoms with Gasteiger partial charge in [0.25, 0.3) is 0 Å². The fraction of sp³-hybridized carbons (Fsp3) is 0. The summed E-state index contributed by atoms with van der Waals surface area (Å²) in [6.45, 7) is 0. The topological polar surface area (TPSA) is 26.3 Å². The molecular formula is C48H28O2. The van der Waals surface area contributed by atoms with E-state index in [1.54, 1.807) is 0 Å². The molecule has 0 saturated carbocycles. The molecule has 11 rings (SSSR count). The Kier molecular flexibility index (Phi) is 5.70. The molecule has 232 valence electrons. The fourth-order valence-corrected chi connectivity index (χ4v) is 8.23. The molecule has 50 heavy (non-hydrogen) atoms. The quantitative estimate of drug-likeness (QED) is 0.180. The monoisotopic (exact) mass is 636 g/mol. The Balaban J connectivity index is 1.16. The normalized spacial score (nSPS) is 12.0. The minimum atomic E-state index is 0.851. The van der Waals surface area contributed by atoms with Gasteiger partial charge in [-0.1, -0.05) is 146 Å². The second-order valence-corrected chi connectivity index (χ2v) is 13.2. The van der Waals surface area contributed by atoms with E-state index in [1.807, 2.05) is 18.2 Å². The molecule has 11 aromatic rings. The standard InChI is InChI=1S/C48H28O2/c1-3-10-29(11-4-1)34-23-18-31-21-26-37-35(24-19-32-20-25-36(34)44(31)45(32)37)33-22-27-39-43(28-33)50-48(46(39)30-12-5-2-6-13-30)40-15-9-17-42-47(40)38-14-7-8-16-41(38)49-42/h1-28H. The van der Waals surface area contributed by atoms with Crippen molar-refractivity contribution in [3.05, 3.63) is 170 Å². The first-order valence-corrected chi connectivity index (χ1v) is 17.1. The maximum absolute atomic E-state index is 6.98. The number of hydrogen-bond donors (Lipinski definition) is 0. The van der Waals surface area contributed by atoms with Gasteiger partial charge < -0.3 is 8.83 Å². The third-order valence-electron chi connectivity index (χ3n) is 10.5. The van der Waals surface area contributed by atoms with Crippen LogP contribution in [0.1, 0.15) is 0 Å². The minimum Gasteiger partial charge on any atom is -0.456 e. The lowest BCUT2D eigenvalue weighted by Crippen LogP contribution is -1.89. The second-order valence-electron chi connectivity index (χ2n) is 13.2. The molecule has 2 aromatic heterocycles. The average molecular weight is 637 g/mol. The van der Waals surface area contributed by atoms with Crippen molar-refractivity contribution < 1.29 is 8.83 Å². The Hall–Kier alpha value is -6.64. The molecule has 0 unspecified atom stereocenters. The van der Waals surface area contributed by atoms with Gasteiger partial charge in [-0.2, -0.15) is 0 Å². The minimum absolute atomic E-state index is 0.851. The molecule has 0 aliphatic carbocycles. The summed E-state index contributed by atoms with van der Waals surface area (Å²) in [4.78, 5) is 0. The van der Waals surface area contributed by atoms with Crippen molar-refractivity contribution in [1.82, 2.24) is 0 Å². The van der Waals surface area contributed by atoms with E-state index < -0.39 is 0 Å². The lowest BCUT2D eigenvalue weighted by Gasteiger charge is -2.16. The van der Waals surface area contributed by atoms with Crippen LogP contribution < -0.4 is 0 Å². The summed E-state index contributed by atoms with van der Waals surface area (Å²) in [5, 5.41) is 10.9. The number of para-hydroxylation sites is 1. The SMILES string of the molecule is c1ccc(-c2c(-c3cccc4oc5ccccc5c34)oc3cc(-c4ccc5ccc6c(-c7ccccc7)ccc7ccc4c5c76)ccc23)cc1. The van der Waals surface area contributed by atoms with Crippen LogP contribution in [0.25, 0.3) is 110 Å². The average Bonchev–Trinajstić information content (AvgIpc) is 3.76. The van der Waals surface area contributed by atoms with Crippen LogP contribution in [0.4, 0.5) is 0 Å². The summed E-state index contributed by atoms with van der Waals surface area (Å²) in [5.41, 5.74) is 10.7. The highest BCUT2D eigenvalue weighted by Crippen LogP contribution is 2.47. The first-order valence-electron chi connectivity index (χ1n) is 17.1. The van der Waals surface area contributed by atoms with Crippen LogP contribution in [0.5, 0.6) is 0 Å². The Morgan fingerprint density at radius 2 is 0.900 bits per heavy atom. The Morgan fingerprint density at radius 3 is 1.64 bits per heavy atom. The summed E-state index contributed by atoms with van der Waals surface area (Å²) >= 11 is 0. The predicted molar refractivity (Wildman–Crippen MR) is 209 cm³/mol. The van der Waals surface area contributed by atoms with Gasteiger partial charge in [-0.3, -0.25) is 0 Å². The predicted octanol–water partition coefficient (Wildman–Crippen LogP) is 13.9. The van der Waals surface area contributed by atoms with Crippen molar-refractivity contribution in [2.75, 3.05) is 0 Å². The van der Waals surface area contributed by atoms with Crippen LogP contribution in [0.2, 0.25) is 0 Å². The molecule has 0 bridgehead atoms. The number of benzene rings is 9. The fourth-order valence-electron chi connectivity index (χ4n) is 8.23. The highest BCUT2D eigenvalue weighted by molar-refractivity contribution is 6.27. The lowest BCUT2D eigenvalue weighted by molar-refractivity contribution is 0.633. The van der Waals surface area contributed by atoms with Gasteiger partial charge in [0.15, 0.2) is 0 Å². The van der Waals surface area contributed by atoms with Crippen molar-refractivity contribution in [3.63, 3.8) is 0 Å². The lowest BCUT2D eigenvalue weighted by atomic mass is 9.87. The highest BCUT2D eigenvalue weighted by atomic mass is 16.3. The molecule has 0 amide bonds. The largest absolute Gasteiger partial charge is 0.456 e. The number of hydrogen-bond acceptors (Lipinski definition) is 2. The van der Waals surface area contributed by atoms with Gasteiger partial charge in [0.2, 0.25) is 0 Å². The van der Waals surface area contributed by atoms with Crippen molar-refractivity contribution in [2.24, 2.45) is 0 Å². The molecule has 0 N–H and O–H groups in total. The maximum Gasteiger partial charge on any atom is 0.144 e. The van der Waals surface area contributed by atoms with Crippen LogP contribution in [-0.4, -0.2) is 0 Å². The van der Waals surface area contributed by atoms with Gasteiger partial charge in [-0.25, -0.2) is 0 Å². The van der Waals surface area contributed by atoms with E-state index in [1.165, 1.54) is 49.0 Å². The molecule has 0 fully saturated rings. The number of rotatable bonds is 4. The number of furan rings is 2.